The quantitative estimate of drug-likeness (QED) is 0.839. The second kappa shape index (κ2) is 8.44. The van der Waals surface area contributed by atoms with Gasteiger partial charge in [-0.25, -0.2) is 0 Å². The minimum absolute atomic E-state index is 0.119. The Morgan fingerprint density at radius 2 is 2.08 bits per heavy atom. The fourth-order valence-corrected chi connectivity index (χ4v) is 4.47. The van der Waals surface area contributed by atoms with Gasteiger partial charge < -0.3 is 4.90 Å². The topological polar surface area (TPSA) is 75.2 Å². The second-order valence-corrected chi connectivity index (χ2v) is 7.81. The minimum Gasteiger partial charge on any atom is -0.316 e. The zero-order chi connectivity index (χ0) is 17.6. The zero-order valence-electron chi connectivity index (χ0n) is 14.0. The fraction of sp³-hybridized carbons (Fsp3) is 0.412. The molecule has 0 spiro atoms. The number of anilines is 1. The van der Waals surface area contributed by atoms with E-state index in [1.807, 2.05) is 18.2 Å². The molecule has 1 aliphatic rings. The molecule has 1 aromatic carbocycles. The Kier molecular flexibility index (Phi) is 6.04. The summed E-state index contributed by atoms with van der Waals surface area (Å²) in [7, 11) is 0. The van der Waals surface area contributed by atoms with Crippen molar-refractivity contribution < 1.29 is 9.59 Å². The molecular formula is C17H20N4O2S2. The van der Waals surface area contributed by atoms with E-state index in [9.17, 15) is 9.59 Å². The number of aryl methyl sites for hydroxylation is 1. The summed E-state index contributed by atoms with van der Waals surface area (Å²) >= 11 is 2.98. The van der Waals surface area contributed by atoms with E-state index in [1.54, 1.807) is 28.8 Å². The molecule has 8 heteroatoms. The molecule has 2 amide bonds. The summed E-state index contributed by atoms with van der Waals surface area (Å²) in [6.07, 6.45) is 3.03. The van der Waals surface area contributed by atoms with Crippen LogP contribution in [0.3, 0.4) is 0 Å². The van der Waals surface area contributed by atoms with Crippen molar-refractivity contribution in [3.8, 4) is 0 Å². The van der Waals surface area contributed by atoms with Gasteiger partial charge in [0.15, 0.2) is 0 Å². The number of benzene rings is 1. The van der Waals surface area contributed by atoms with E-state index in [1.165, 1.54) is 11.3 Å². The zero-order valence-corrected chi connectivity index (χ0v) is 15.6. The van der Waals surface area contributed by atoms with Gasteiger partial charge in [-0.15, -0.1) is 22.0 Å². The highest BCUT2D eigenvalue weighted by molar-refractivity contribution is 7.99. The van der Waals surface area contributed by atoms with Gasteiger partial charge in [0.1, 0.15) is 11.0 Å². The van der Waals surface area contributed by atoms with E-state index in [2.05, 4.69) is 22.4 Å². The van der Waals surface area contributed by atoms with Crippen LogP contribution in [0, 0.1) is 0 Å². The molecule has 25 heavy (non-hydrogen) atoms. The van der Waals surface area contributed by atoms with Crippen LogP contribution >= 0.6 is 23.1 Å². The third-order valence-electron chi connectivity index (χ3n) is 3.91. The molecule has 0 aliphatic carbocycles. The summed E-state index contributed by atoms with van der Waals surface area (Å²) < 4.78 is 0. The molecular weight excluding hydrogens is 356 g/mol. The number of nitrogens with zero attached hydrogens (tertiary/aromatic N) is 3. The normalized spacial score (nSPS) is 16.8. The Balaban J connectivity index is 1.64. The molecule has 1 aromatic heterocycles. The van der Waals surface area contributed by atoms with E-state index in [0.29, 0.717) is 22.3 Å². The Morgan fingerprint density at radius 3 is 2.84 bits per heavy atom. The lowest BCUT2D eigenvalue weighted by molar-refractivity contribution is -0.119. The summed E-state index contributed by atoms with van der Waals surface area (Å²) in [5.74, 6) is 0.786. The van der Waals surface area contributed by atoms with Crippen molar-refractivity contribution in [3.63, 3.8) is 0 Å². The van der Waals surface area contributed by atoms with Gasteiger partial charge >= 0.3 is 0 Å². The summed E-state index contributed by atoms with van der Waals surface area (Å²) in [6, 6.07) is 8.57. The number of hydrogen-bond donors (Lipinski definition) is 1. The van der Waals surface area contributed by atoms with Gasteiger partial charge in [-0.2, -0.15) is 0 Å². The third kappa shape index (κ3) is 4.38. The largest absolute Gasteiger partial charge is 0.316 e. The first kappa shape index (κ1) is 17.9. The van der Waals surface area contributed by atoms with Gasteiger partial charge in [0, 0.05) is 17.7 Å². The molecule has 6 nitrogen and oxygen atoms in total. The number of carbonyl (C=O) groups is 2. The highest BCUT2D eigenvalue weighted by atomic mass is 32.2. The van der Waals surface area contributed by atoms with Gasteiger partial charge in [-0.1, -0.05) is 42.9 Å². The lowest BCUT2D eigenvalue weighted by Crippen LogP contribution is -2.44. The number of carbonyl (C=O) groups excluding carboxylic acids is 2. The molecule has 0 saturated carbocycles. The Labute approximate surface area is 155 Å². The maximum absolute atomic E-state index is 12.6. The Morgan fingerprint density at radius 1 is 1.28 bits per heavy atom. The molecule has 132 valence electrons. The minimum atomic E-state index is -0.485. The lowest BCUT2D eigenvalue weighted by atomic mass is 10.1. The predicted octanol–water partition coefficient (Wildman–Crippen LogP) is 3.03. The van der Waals surface area contributed by atoms with E-state index < -0.39 is 6.04 Å². The molecule has 1 aliphatic heterocycles. The van der Waals surface area contributed by atoms with Crippen molar-refractivity contribution in [2.24, 2.45) is 0 Å². The monoisotopic (exact) mass is 376 g/mol. The van der Waals surface area contributed by atoms with Crippen LogP contribution in [-0.2, 0) is 11.2 Å². The van der Waals surface area contributed by atoms with Crippen molar-refractivity contribution in [3.05, 3.63) is 40.9 Å². The number of thioether (sulfide) groups is 1. The molecule has 0 radical (unpaired) electrons. The number of rotatable bonds is 6. The first-order valence-electron chi connectivity index (χ1n) is 8.26. The summed E-state index contributed by atoms with van der Waals surface area (Å²) in [5.41, 5.74) is 0.598. The van der Waals surface area contributed by atoms with Gasteiger partial charge in [0.25, 0.3) is 5.91 Å². The van der Waals surface area contributed by atoms with Crippen LogP contribution < -0.4 is 5.32 Å². The molecule has 2 aromatic rings. The fourth-order valence-electron chi connectivity index (χ4n) is 2.53. The van der Waals surface area contributed by atoms with Crippen molar-refractivity contribution in [1.82, 2.24) is 15.1 Å². The van der Waals surface area contributed by atoms with Crippen molar-refractivity contribution >= 4 is 40.0 Å². The van der Waals surface area contributed by atoms with E-state index >= 15 is 0 Å². The van der Waals surface area contributed by atoms with Crippen molar-refractivity contribution in [2.75, 3.05) is 16.9 Å². The standard InChI is InChI=1S/C17H20N4O2S2/c1-2-3-9-14-19-20-17(25-14)18-15(22)13-10-24-11-21(13)16(23)12-7-5-4-6-8-12/h4-8,13H,2-3,9-11H2,1H3,(H,18,20,22). The van der Waals surface area contributed by atoms with Crippen LogP contribution in [0.15, 0.2) is 30.3 Å². The molecule has 3 rings (SSSR count). The lowest BCUT2D eigenvalue weighted by Gasteiger charge is -2.22. The second-order valence-electron chi connectivity index (χ2n) is 5.75. The van der Waals surface area contributed by atoms with E-state index in [-0.39, 0.29) is 11.8 Å². The summed E-state index contributed by atoms with van der Waals surface area (Å²) in [5, 5.41) is 12.4. The maximum Gasteiger partial charge on any atom is 0.255 e. The predicted molar refractivity (Wildman–Crippen MR) is 101 cm³/mol. The molecule has 0 bridgehead atoms. The number of nitrogens with one attached hydrogen (secondary N) is 1. The van der Waals surface area contributed by atoms with Crippen LogP contribution in [0.2, 0.25) is 0 Å². The molecule has 1 atom stereocenters. The first-order valence-corrected chi connectivity index (χ1v) is 10.2. The van der Waals surface area contributed by atoms with Crippen LogP contribution in [0.5, 0.6) is 0 Å². The number of aromatic nitrogens is 2. The highest BCUT2D eigenvalue weighted by Crippen LogP contribution is 2.25. The molecule has 1 N–H and O–H groups in total. The smallest absolute Gasteiger partial charge is 0.255 e. The van der Waals surface area contributed by atoms with Crippen molar-refractivity contribution in [2.45, 2.75) is 32.2 Å². The van der Waals surface area contributed by atoms with Crippen LogP contribution in [0.1, 0.15) is 35.1 Å². The van der Waals surface area contributed by atoms with Crippen molar-refractivity contribution in [1.29, 1.82) is 0 Å². The third-order valence-corrected chi connectivity index (χ3v) is 5.82. The van der Waals surface area contributed by atoms with E-state index in [4.69, 9.17) is 0 Å². The first-order chi connectivity index (χ1) is 12.2. The van der Waals surface area contributed by atoms with Crippen LogP contribution in [0.4, 0.5) is 5.13 Å². The average molecular weight is 377 g/mol. The SMILES string of the molecule is CCCCc1nnc(NC(=O)C2CSCN2C(=O)c2ccccc2)s1. The summed E-state index contributed by atoms with van der Waals surface area (Å²) in [4.78, 5) is 26.9. The van der Waals surface area contributed by atoms with Crippen LogP contribution in [0.25, 0.3) is 0 Å². The Bertz CT molecular complexity index is 735. The average Bonchev–Trinajstić information content (AvgIpc) is 3.29. The highest BCUT2D eigenvalue weighted by Gasteiger charge is 2.35. The van der Waals surface area contributed by atoms with Gasteiger partial charge in [0.05, 0.1) is 5.88 Å². The molecule has 1 saturated heterocycles. The van der Waals surface area contributed by atoms with Gasteiger partial charge in [-0.3, -0.25) is 14.9 Å². The molecule has 2 heterocycles. The Hall–Kier alpha value is -1.93. The number of amides is 2. The molecule has 1 fully saturated rings. The number of hydrogen-bond acceptors (Lipinski definition) is 6. The van der Waals surface area contributed by atoms with E-state index in [0.717, 1.165) is 24.3 Å². The molecule has 1 unspecified atom stereocenters. The van der Waals surface area contributed by atoms with Crippen LogP contribution in [-0.4, -0.2) is 44.6 Å². The number of unbranched alkanes of at least 4 members (excludes halogenated alkanes) is 1. The maximum atomic E-state index is 12.6. The van der Waals surface area contributed by atoms with Gasteiger partial charge in [-0.05, 0) is 18.6 Å². The summed E-state index contributed by atoms with van der Waals surface area (Å²) in [6.45, 7) is 2.12. The van der Waals surface area contributed by atoms with Gasteiger partial charge in [0.2, 0.25) is 11.0 Å².